The lowest BCUT2D eigenvalue weighted by Crippen LogP contribution is -2.64. The highest BCUT2D eigenvalue weighted by atomic mass is 35.5. The van der Waals surface area contributed by atoms with Gasteiger partial charge in [-0.3, -0.25) is 4.90 Å². The molecule has 3 aromatic carbocycles. The van der Waals surface area contributed by atoms with Crippen molar-refractivity contribution < 1.29 is 32.9 Å². The summed E-state index contributed by atoms with van der Waals surface area (Å²) in [5, 5.41) is 0.317. The third-order valence-electron chi connectivity index (χ3n) is 10.1. The van der Waals surface area contributed by atoms with Crippen LogP contribution < -0.4 is 19.1 Å². The van der Waals surface area contributed by atoms with E-state index in [0.29, 0.717) is 52.5 Å². The lowest BCUT2D eigenvalue weighted by molar-refractivity contribution is -0.0706. The average Bonchev–Trinajstić information content (AvgIpc) is 3.55. The fourth-order valence-electron chi connectivity index (χ4n) is 7.39. The Hall–Kier alpha value is -4.06. The first-order chi connectivity index (χ1) is 22.8. The van der Waals surface area contributed by atoms with Gasteiger partial charge in [0.25, 0.3) is 5.79 Å². The minimum Gasteiger partial charge on any atom is -0.494 e. The van der Waals surface area contributed by atoms with Crippen molar-refractivity contribution in [3.05, 3.63) is 76.3 Å². The second-order valence-corrected chi connectivity index (χ2v) is 13.1. The molecular weight excluding hydrogens is 627 g/mol. The predicted molar refractivity (Wildman–Crippen MR) is 173 cm³/mol. The number of imidazole rings is 1. The zero-order chi connectivity index (χ0) is 32.4. The maximum absolute atomic E-state index is 15.0. The molecular formula is C35H36ClFN4O6. The fraction of sp³-hybridized carbons (Fsp3) is 0.429. The van der Waals surface area contributed by atoms with Crippen molar-refractivity contribution in [3.8, 4) is 17.2 Å². The molecule has 0 spiro atoms. The summed E-state index contributed by atoms with van der Waals surface area (Å²) in [7, 11) is 2.96. The summed E-state index contributed by atoms with van der Waals surface area (Å²) >= 11 is 6.02. The molecule has 0 radical (unpaired) electrons. The molecule has 47 heavy (non-hydrogen) atoms. The molecule has 1 aliphatic carbocycles. The number of anilines is 1. The van der Waals surface area contributed by atoms with Crippen LogP contribution >= 0.6 is 11.6 Å². The zero-order valence-electron chi connectivity index (χ0n) is 26.5. The number of rotatable bonds is 8. The van der Waals surface area contributed by atoms with Gasteiger partial charge in [0.1, 0.15) is 22.9 Å². The van der Waals surface area contributed by atoms with Crippen LogP contribution in [0.15, 0.2) is 48.5 Å². The monoisotopic (exact) mass is 662 g/mol. The largest absolute Gasteiger partial charge is 0.494 e. The molecule has 4 atom stereocenters. The average molecular weight is 663 g/mol. The van der Waals surface area contributed by atoms with E-state index in [4.69, 9.17) is 40.3 Å². The number of nitrogens with zero attached hydrogens (tertiary/aromatic N) is 4. The number of esters is 1. The van der Waals surface area contributed by atoms with E-state index in [9.17, 15) is 9.18 Å². The molecule has 1 saturated carbocycles. The first kappa shape index (κ1) is 30.3. The van der Waals surface area contributed by atoms with Crippen LogP contribution in [0.25, 0.3) is 11.0 Å². The number of carbonyl (C=O) groups excluding carboxylic acids is 1. The van der Waals surface area contributed by atoms with Gasteiger partial charge < -0.3 is 33.2 Å². The minimum atomic E-state index is -1.31. The van der Waals surface area contributed by atoms with E-state index in [-0.39, 0.29) is 12.1 Å². The van der Waals surface area contributed by atoms with Crippen LogP contribution in [0, 0.1) is 5.82 Å². The number of fused-ring (bicyclic) bond motifs is 3. The van der Waals surface area contributed by atoms with E-state index in [1.165, 1.54) is 13.2 Å². The highest BCUT2D eigenvalue weighted by Gasteiger charge is 2.47. The summed E-state index contributed by atoms with van der Waals surface area (Å²) in [6, 6.07) is 14.5. The number of halogens is 2. The molecule has 12 heteroatoms. The number of benzene rings is 3. The van der Waals surface area contributed by atoms with Crippen LogP contribution in [-0.2, 0) is 28.4 Å². The Morgan fingerprint density at radius 2 is 1.91 bits per heavy atom. The van der Waals surface area contributed by atoms with Crippen LogP contribution in [0.5, 0.6) is 17.2 Å². The minimum absolute atomic E-state index is 0.0988. The van der Waals surface area contributed by atoms with E-state index in [1.54, 1.807) is 32.2 Å². The van der Waals surface area contributed by atoms with Crippen LogP contribution in [0.3, 0.4) is 0 Å². The van der Waals surface area contributed by atoms with Gasteiger partial charge >= 0.3 is 5.97 Å². The van der Waals surface area contributed by atoms with Gasteiger partial charge in [-0.1, -0.05) is 17.7 Å². The topological polar surface area (TPSA) is 87.5 Å². The summed E-state index contributed by atoms with van der Waals surface area (Å²) in [6.45, 7) is 5.36. The Labute approximate surface area is 276 Å². The highest BCUT2D eigenvalue weighted by Crippen LogP contribution is 2.51. The van der Waals surface area contributed by atoms with Crippen molar-refractivity contribution in [1.82, 2.24) is 14.5 Å². The molecule has 10 nitrogen and oxygen atoms in total. The Bertz CT molecular complexity index is 1880. The van der Waals surface area contributed by atoms with Gasteiger partial charge in [0.05, 0.1) is 55.7 Å². The first-order valence-corrected chi connectivity index (χ1v) is 16.4. The quantitative estimate of drug-likeness (QED) is 0.214. The highest BCUT2D eigenvalue weighted by molar-refractivity contribution is 6.30. The molecule has 4 aromatic rings. The van der Waals surface area contributed by atoms with Gasteiger partial charge in [-0.25, -0.2) is 14.2 Å². The van der Waals surface area contributed by atoms with Crippen LogP contribution in [0.2, 0.25) is 5.02 Å². The summed E-state index contributed by atoms with van der Waals surface area (Å²) in [5.74, 6) is 0.446. The Morgan fingerprint density at radius 3 is 2.62 bits per heavy atom. The summed E-state index contributed by atoms with van der Waals surface area (Å²) < 4.78 is 46.4. The lowest BCUT2D eigenvalue weighted by Gasteiger charge is -2.54. The van der Waals surface area contributed by atoms with Crippen LogP contribution in [-0.4, -0.2) is 72.5 Å². The number of piperazine rings is 1. The molecule has 1 aromatic heterocycles. The Morgan fingerprint density at radius 1 is 1.09 bits per heavy atom. The van der Waals surface area contributed by atoms with E-state index < -0.39 is 17.6 Å². The fourth-order valence-corrected chi connectivity index (χ4v) is 7.55. The number of carbonyl (C=O) groups is 1. The molecule has 246 valence electrons. The molecule has 0 unspecified atom stereocenters. The van der Waals surface area contributed by atoms with E-state index in [2.05, 4.69) is 20.4 Å². The van der Waals surface area contributed by atoms with Gasteiger partial charge in [0, 0.05) is 43.7 Å². The predicted octanol–water partition coefficient (Wildman–Crippen LogP) is 5.91. The molecule has 4 heterocycles. The van der Waals surface area contributed by atoms with Crippen molar-refractivity contribution in [1.29, 1.82) is 0 Å². The van der Waals surface area contributed by atoms with Gasteiger partial charge in [0.2, 0.25) is 0 Å². The molecule has 2 saturated heterocycles. The number of aromatic nitrogens is 2. The normalized spacial score (nSPS) is 24.9. The van der Waals surface area contributed by atoms with Gasteiger partial charge in [0.15, 0.2) is 11.5 Å². The molecule has 8 rings (SSSR count). The van der Waals surface area contributed by atoms with Crippen molar-refractivity contribution in [2.75, 3.05) is 38.8 Å². The summed E-state index contributed by atoms with van der Waals surface area (Å²) in [6.07, 6.45) is 3.18. The van der Waals surface area contributed by atoms with Crippen molar-refractivity contribution in [3.63, 3.8) is 0 Å². The molecule has 0 amide bonds. The van der Waals surface area contributed by atoms with Gasteiger partial charge in [-0.15, -0.1) is 0 Å². The van der Waals surface area contributed by atoms with Gasteiger partial charge in [-0.05, 0) is 61.7 Å². The molecule has 4 aliphatic rings. The number of para-hydroxylation sites is 1. The van der Waals surface area contributed by atoms with Crippen LogP contribution in [0.1, 0.15) is 47.9 Å². The van der Waals surface area contributed by atoms with E-state index >= 15 is 0 Å². The lowest BCUT2D eigenvalue weighted by atomic mass is 9.81. The maximum atomic E-state index is 15.0. The van der Waals surface area contributed by atoms with Crippen molar-refractivity contribution in [2.45, 2.75) is 63.3 Å². The third-order valence-corrected chi connectivity index (χ3v) is 10.3. The maximum Gasteiger partial charge on any atom is 0.338 e. The number of hydrogen-bond donors (Lipinski definition) is 0. The summed E-state index contributed by atoms with van der Waals surface area (Å²) in [4.78, 5) is 22.5. The van der Waals surface area contributed by atoms with E-state index in [0.717, 1.165) is 61.5 Å². The standard InChI is InChI=1S/C35H36ClFN4O6/c1-35(23-8-7-21(36)17-24(23)37)46-29-6-4-5-27(33(29)47-35)40-13-12-39(25-9-10-26(25)40)19-31-38-32-28(41(31)18-22-11-14-45-22)15-20(34(42)44-3)16-30(32)43-2/h4-8,15-17,22,25-26H,9-14,18-19H2,1-3H3/t22-,25-,26-,35-/m0/s1. The molecule has 0 bridgehead atoms. The smallest absolute Gasteiger partial charge is 0.338 e. The van der Waals surface area contributed by atoms with Crippen LogP contribution in [0.4, 0.5) is 10.1 Å². The van der Waals surface area contributed by atoms with E-state index in [1.807, 2.05) is 18.2 Å². The first-order valence-electron chi connectivity index (χ1n) is 16.0. The summed E-state index contributed by atoms with van der Waals surface area (Å²) in [5.41, 5.74) is 3.21. The zero-order valence-corrected chi connectivity index (χ0v) is 27.3. The van der Waals surface area contributed by atoms with Crippen molar-refractivity contribution in [2.24, 2.45) is 0 Å². The Balaban J connectivity index is 1.07. The molecule has 0 N–H and O–H groups in total. The number of methoxy groups -OCH3 is 2. The SMILES string of the molecule is COC(=O)c1cc(OC)c2nc(CN3CCN(c4cccc5c4O[C@@](C)(c4ccc(Cl)cc4F)O5)[C@H]4CC[C@@H]43)n(C[C@@H]3CCO3)c2c1. The number of hydrogen-bond acceptors (Lipinski definition) is 9. The molecule has 3 fully saturated rings. The third kappa shape index (κ3) is 5.06. The second-order valence-electron chi connectivity index (χ2n) is 12.7. The second kappa shape index (κ2) is 11.6. The van der Waals surface area contributed by atoms with Crippen molar-refractivity contribution >= 4 is 34.3 Å². The Kier molecular flexibility index (Phi) is 7.46. The van der Waals surface area contributed by atoms with Gasteiger partial charge in [-0.2, -0.15) is 0 Å². The molecule has 3 aliphatic heterocycles. The number of ether oxygens (including phenoxy) is 5.